The summed E-state index contributed by atoms with van der Waals surface area (Å²) >= 11 is 16.6. The Kier molecular flexibility index (Phi) is 6.87. The number of hydrogen-bond acceptors (Lipinski definition) is 4. The van der Waals surface area contributed by atoms with Crippen molar-refractivity contribution < 1.29 is 19.1 Å². The molecule has 0 aromatic rings. The lowest BCUT2D eigenvalue weighted by molar-refractivity contribution is -0.150. The summed E-state index contributed by atoms with van der Waals surface area (Å²) in [7, 11) is 1.14. The zero-order valence-corrected chi connectivity index (χ0v) is 11.0. The average molecular weight is 293 g/mol. The number of methoxy groups -OCH3 is 1. The summed E-state index contributed by atoms with van der Waals surface area (Å²) in [6.45, 7) is 1.79. The van der Waals surface area contributed by atoms with Gasteiger partial charge in [-0.05, 0) is 6.42 Å². The second kappa shape index (κ2) is 7.04. The highest BCUT2D eigenvalue weighted by molar-refractivity contribution is 6.68. The number of nitrogens with one attached hydrogen (secondary N) is 1. The van der Waals surface area contributed by atoms with E-state index in [1.165, 1.54) is 0 Å². The number of carbonyl (C=O) groups is 2. The van der Waals surface area contributed by atoms with Crippen molar-refractivity contribution in [3.05, 3.63) is 0 Å². The first-order chi connectivity index (χ1) is 7.31. The van der Waals surface area contributed by atoms with Gasteiger partial charge < -0.3 is 9.47 Å². The number of esters is 1. The molecule has 0 aliphatic heterocycles. The van der Waals surface area contributed by atoms with Gasteiger partial charge in [-0.3, -0.25) is 10.1 Å². The lowest BCUT2D eigenvalue weighted by Gasteiger charge is -2.24. The van der Waals surface area contributed by atoms with Crippen LogP contribution < -0.4 is 5.32 Å². The van der Waals surface area contributed by atoms with Crippen LogP contribution >= 0.6 is 34.8 Å². The third-order valence-electron chi connectivity index (χ3n) is 1.44. The first kappa shape index (κ1) is 15.6. The SMILES string of the molecule is CCCC(=O)OC(NC(=O)OC)C(Cl)(Cl)Cl. The number of alkyl carbamates (subject to hydrolysis) is 1. The minimum Gasteiger partial charge on any atom is -0.453 e. The predicted octanol–water partition coefficient (Wildman–Crippen LogP) is 2.38. The molecule has 0 aromatic heterocycles. The molecular weight excluding hydrogens is 280 g/mol. The summed E-state index contributed by atoms with van der Waals surface area (Å²) in [4.78, 5) is 22.1. The molecule has 0 fully saturated rings. The summed E-state index contributed by atoms with van der Waals surface area (Å²) in [6.07, 6.45) is -1.49. The van der Waals surface area contributed by atoms with Crippen LogP contribution in [-0.4, -0.2) is 29.2 Å². The number of hydrogen-bond donors (Lipinski definition) is 1. The van der Waals surface area contributed by atoms with E-state index in [-0.39, 0.29) is 6.42 Å². The van der Waals surface area contributed by atoms with Gasteiger partial charge in [0.15, 0.2) is 0 Å². The standard InChI is InChI=1S/C8H12Cl3NO4/c1-3-4-5(13)16-6(8(9,10)11)12-7(14)15-2/h6H,3-4H2,1-2H3,(H,12,14). The van der Waals surface area contributed by atoms with Crippen molar-refractivity contribution in [2.45, 2.75) is 29.8 Å². The van der Waals surface area contributed by atoms with E-state index >= 15 is 0 Å². The normalized spacial score (nSPS) is 12.8. The minimum absolute atomic E-state index is 0.167. The Labute approximate surface area is 108 Å². The van der Waals surface area contributed by atoms with Crippen molar-refractivity contribution in [2.75, 3.05) is 7.11 Å². The van der Waals surface area contributed by atoms with Crippen LogP contribution in [0, 0.1) is 0 Å². The van der Waals surface area contributed by atoms with E-state index in [0.29, 0.717) is 6.42 Å². The van der Waals surface area contributed by atoms with Crippen LogP contribution in [0.4, 0.5) is 4.79 Å². The van der Waals surface area contributed by atoms with Crippen LogP contribution in [-0.2, 0) is 14.3 Å². The van der Waals surface area contributed by atoms with Crippen LogP contribution in [0.5, 0.6) is 0 Å². The largest absolute Gasteiger partial charge is 0.453 e. The average Bonchev–Trinajstić information content (AvgIpc) is 2.15. The molecule has 0 radical (unpaired) electrons. The minimum atomic E-state index is -1.96. The predicted molar refractivity (Wildman–Crippen MR) is 60.6 cm³/mol. The molecule has 1 atom stereocenters. The Hall–Kier alpha value is -0.390. The number of carbonyl (C=O) groups excluding carboxylic acids is 2. The second-order valence-electron chi connectivity index (χ2n) is 2.80. The summed E-state index contributed by atoms with van der Waals surface area (Å²) in [5.74, 6) is -0.574. The fourth-order valence-corrected chi connectivity index (χ4v) is 1.04. The molecular formula is C8H12Cl3NO4. The Bertz CT molecular complexity index is 254. The number of alkyl halides is 3. The van der Waals surface area contributed by atoms with Gasteiger partial charge in [0, 0.05) is 6.42 Å². The zero-order valence-electron chi connectivity index (χ0n) is 8.76. The molecule has 94 valence electrons. The number of amides is 1. The number of ether oxygens (including phenoxy) is 2. The van der Waals surface area contributed by atoms with Crippen molar-refractivity contribution in [1.29, 1.82) is 0 Å². The molecule has 0 aliphatic rings. The Morgan fingerprint density at radius 3 is 2.31 bits per heavy atom. The molecule has 0 heterocycles. The molecule has 16 heavy (non-hydrogen) atoms. The maximum absolute atomic E-state index is 11.2. The first-order valence-electron chi connectivity index (χ1n) is 4.42. The third kappa shape index (κ3) is 6.25. The number of halogens is 3. The van der Waals surface area contributed by atoms with Gasteiger partial charge in [0.05, 0.1) is 7.11 Å². The van der Waals surface area contributed by atoms with Gasteiger partial charge >= 0.3 is 12.1 Å². The summed E-state index contributed by atoms with van der Waals surface area (Å²) in [6, 6.07) is 0. The Morgan fingerprint density at radius 2 is 1.94 bits per heavy atom. The van der Waals surface area contributed by atoms with E-state index in [9.17, 15) is 9.59 Å². The van der Waals surface area contributed by atoms with Gasteiger partial charge in [-0.15, -0.1) is 0 Å². The molecule has 0 aromatic carbocycles. The van der Waals surface area contributed by atoms with Crippen LogP contribution in [0.1, 0.15) is 19.8 Å². The topological polar surface area (TPSA) is 64.6 Å². The van der Waals surface area contributed by atoms with Crippen molar-refractivity contribution >= 4 is 46.9 Å². The van der Waals surface area contributed by atoms with Gasteiger partial charge in [0.1, 0.15) is 0 Å². The van der Waals surface area contributed by atoms with Gasteiger partial charge in [-0.1, -0.05) is 41.7 Å². The van der Waals surface area contributed by atoms with Crippen LogP contribution in [0.3, 0.4) is 0 Å². The van der Waals surface area contributed by atoms with E-state index in [1.807, 2.05) is 0 Å². The van der Waals surface area contributed by atoms with Gasteiger partial charge in [0.25, 0.3) is 0 Å². The number of rotatable bonds is 4. The second-order valence-corrected chi connectivity index (χ2v) is 5.17. The van der Waals surface area contributed by atoms with Crippen LogP contribution in [0.2, 0.25) is 0 Å². The molecule has 0 spiro atoms. The highest BCUT2D eigenvalue weighted by atomic mass is 35.6. The Balaban J connectivity index is 4.44. The molecule has 0 aliphatic carbocycles. The Morgan fingerprint density at radius 1 is 1.38 bits per heavy atom. The molecule has 0 saturated heterocycles. The quantitative estimate of drug-likeness (QED) is 0.491. The third-order valence-corrected chi connectivity index (χ3v) is 2.03. The highest BCUT2D eigenvalue weighted by Gasteiger charge is 2.37. The maximum Gasteiger partial charge on any atom is 0.409 e. The van der Waals surface area contributed by atoms with Crippen LogP contribution in [0.25, 0.3) is 0 Å². The first-order valence-corrected chi connectivity index (χ1v) is 5.55. The smallest absolute Gasteiger partial charge is 0.409 e. The zero-order chi connectivity index (χ0) is 12.8. The van der Waals surface area contributed by atoms with E-state index < -0.39 is 22.1 Å². The van der Waals surface area contributed by atoms with Crippen molar-refractivity contribution in [2.24, 2.45) is 0 Å². The fraction of sp³-hybridized carbons (Fsp3) is 0.750. The van der Waals surface area contributed by atoms with Crippen molar-refractivity contribution in [3.8, 4) is 0 Å². The molecule has 0 saturated carbocycles. The summed E-state index contributed by atoms with van der Waals surface area (Å²) < 4.78 is 7.12. The monoisotopic (exact) mass is 291 g/mol. The van der Waals surface area contributed by atoms with Crippen molar-refractivity contribution in [3.63, 3.8) is 0 Å². The molecule has 5 nitrogen and oxygen atoms in total. The molecule has 1 amide bonds. The summed E-state index contributed by atoms with van der Waals surface area (Å²) in [5, 5.41) is 2.10. The molecule has 1 N–H and O–H groups in total. The summed E-state index contributed by atoms with van der Waals surface area (Å²) in [5.41, 5.74) is 0. The van der Waals surface area contributed by atoms with Crippen molar-refractivity contribution in [1.82, 2.24) is 5.32 Å². The molecule has 1 unspecified atom stereocenters. The van der Waals surface area contributed by atoms with Gasteiger partial charge in [-0.25, -0.2) is 4.79 Å². The molecule has 0 bridgehead atoms. The lowest BCUT2D eigenvalue weighted by Crippen LogP contribution is -2.46. The molecule has 8 heteroatoms. The van der Waals surface area contributed by atoms with E-state index in [4.69, 9.17) is 39.5 Å². The van der Waals surface area contributed by atoms with Gasteiger partial charge in [0.2, 0.25) is 10.0 Å². The maximum atomic E-state index is 11.2. The van der Waals surface area contributed by atoms with E-state index in [2.05, 4.69) is 10.1 Å². The van der Waals surface area contributed by atoms with E-state index in [0.717, 1.165) is 7.11 Å². The van der Waals surface area contributed by atoms with Crippen LogP contribution in [0.15, 0.2) is 0 Å². The lowest BCUT2D eigenvalue weighted by atomic mass is 10.3. The van der Waals surface area contributed by atoms with E-state index in [1.54, 1.807) is 6.92 Å². The molecule has 0 rings (SSSR count). The van der Waals surface area contributed by atoms with Gasteiger partial charge in [-0.2, -0.15) is 0 Å². The fourth-order valence-electron chi connectivity index (χ4n) is 0.739. The highest BCUT2D eigenvalue weighted by Crippen LogP contribution is 2.31.